The number of carbonyl (C=O) groups excluding carboxylic acids is 2. The first kappa shape index (κ1) is 16.1. The molecular formula is C13H9ClN2O5S. The average Bonchev–Trinajstić information content (AvgIpc) is 2.90. The molecule has 0 aliphatic heterocycles. The Balaban J connectivity index is 2.55. The van der Waals surface area contributed by atoms with E-state index in [2.05, 4.69) is 9.72 Å². The van der Waals surface area contributed by atoms with Gasteiger partial charge in [0.15, 0.2) is 21.9 Å². The summed E-state index contributed by atoms with van der Waals surface area (Å²) in [6.07, 6.45) is 0. The van der Waals surface area contributed by atoms with Crippen molar-refractivity contribution < 1.29 is 19.2 Å². The Kier molecular flexibility index (Phi) is 4.84. The van der Waals surface area contributed by atoms with E-state index < -0.39 is 27.6 Å². The van der Waals surface area contributed by atoms with E-state index in [1.807, 2.05) is 0 Å². The Morgan fingerprint density at radius 1 is 1.36 bits per heavy atom. The second-order valence-electron chi connectivity index (χ2n) is 4.10. The van der Waals surface area contributed by atoms with Gasteiger partial charge in [0, 0.05) is 5.56 Å². The first-order chi connectivity index (χ1) is 10.5. The summed E-state index contributed by atoms with van der Waals surface area (Å²) < 4.78 is 4.46. The Labute approximate surface area is 133 Å². The van der Waals surface area contributed by atoms with Crippen LogP contribution in [0.25, 0.3) is 0 Å². The van der Waals surface area contributed by atoms with Gasteiger partial charge in [0.1, 0.15) is 0 Å². The van der Waals surface area contributed by atoms with Crippen molar-refractivity contribution >= 4 is 39.7 Å². The molecule has 22 heavy (non-hydrogen) atoms. The lowest BCUT2D eigenvalue weighted by molar-refractivity contribution is -0.381. The van der Waals surface area contributed by atoms with E-state index in [4.69, 9.17) is 11.6 Å². The number of ether oxygens (including phenoxy) is 1. The molecule has 1 aromatic heterocycles. The molecule has 0 radical (unpaired) electrons. The van der Waals surface area contributed by atoms with E-state index >= 15 is 0 Å². The van der Waals surface area contributed by atoms with E-state index in [1.165, 1.54) is 12.1 Å². The SMILES string of the molecule is COC(=O)C(C(=O)c1ccccc1)c1nc(Cl)sc1[N+](=O)[O-]. The third-order valence-electron chi connectivity index (χ3n) is 2.81. The standard InChI is InChI=1S/C13H9ClN2O5S/c1-21-12(18)8(10(17)7-5-3-2-4-6-7)9-11(16(19)20)22-13(14)15-9/h2-6,8H,1H3. The van der Waals surface area contributed by atoms with Crippen molar-refractivity contribution in [3.05, 3.63) is 56.2 Å². The number of rotatable bonds is 5. The number of nitrogens with zero attached hydrogens (tertiary/aromatic N) is 2. The van der Waals surface area contributed by atoms with Crippen molar-refractivity contribution in [1.29, 1.82) is 0 Å². The molecule has 0 spiro atoms. The molecule has 0 amide bonds. The largest absolute Gasteiger partial charge is 0.468 e. The number of esters is 1. The summed E-state index contributed by atoms with van der Waals surface area (Å²) in [6.45, 7) is 0. The number of Topliss-reactive ketones (excluding diaryl/α,β-unsaturated/α-hetero) is 1. The fourth-order valence-corrected chi connectivity index (χ4v) is 2.80. The highest BCUT2D eigenvalue weighted by atomic mass is 35.5. The molecular weight excluding hydrogens is 332 g/mol. The molecule has 0 bridgehead atoms. The first-order valence-electron chi connectivity index (χ1n) is 5.93. The minimum atomic E-state index is -1.53. The molecule has 0 N–H and O–H groups in total. The van der Waals surface area contributed by atoms with Gasteiger partial charge < -0.3 is 4.74 Å². The van der Waals surface area contributed by atoms with Crippen LogP contribution in [-0.4, -0.2) is 28.8 Å². The van der Waals surface area contributed by atoms with Crippen molar-refractivity contribution in [2.45, 2.75) is 5.92 Å². The highest BCUT2D eigenvalue weighted by Crippen LogP contribution is 2.36. The Bertz CT molecular complexity index is 731. The summed E-state index contributed by atoms with van der Waals surface area (Å²) in [7, 11) is 1.09. The number of benzene rings is 1. The molecule has 114 valence electrons. The monoisotopic (exact) mass is 340 g/mol. The normalized spacial score (nSPS) is 11.7. The van der Waals surface area contributed by atoms with Crippen molar-refractivity contribution in [3.8, 4) is 0 Å². The van der Waals surface area contributed by atoms with Gasteiger partial charge in [-0.15, -0.1) is 0 Å². The number of hydrogen-bond acceptors (Lipinski definition) is 7. The lowest BCUT2D eigenvalue weighted by Crippen LogP contribution is -2.24. The van der Waals surface area contributed by atoms with Gasteiger partial charge in [0.2, 0.25) is 0 Å². The predicted octanol–water partition coefficient (Wildman–Crippen LogP) is 2.84. The van der Waals surface area contributed by atoms with E-state index in [-0.39, 0.29) is 15.7 Å². The number of methoxy groups -OCH3 is 1. The topological polar surface area (TPSA) is 99.4 Å². The van der Waals surface area contributed by atoms with Crippen molar-refractivity contribution in [3.63, 3.8) is 0 Å². The van der Waals surface area contributed by atoms with Crippen LogP contribution in [0.5, 0.6) is 0 Å². The Hall–Kier alpha value is -2.32. The molecule has 0 saturated heterocycles. The minimum absolute atomic E-state index is 0.128. The molecule has 0 saturated carbocycles. The maximum atomic E-state index is 12.5. The van der Waals surface area contributed by atoms with Crippen molar-refractivity contribution in [2.75, 3.05) is 7.11 Å². The van der Waals surface area contributed by atoms with Gasteiger partial charge in [0.05, 0.1) is 12.0 Å². The van der Waals surface area contributed by atoms with Crippen LogP contribution in [0.4, 0.5) is 5.00 Å². The van der Waals surface area contributed by atoms with Crippen LogP contribution in [-0.2, 0) is 9.53 Å². The van der Waals surface area contributed by atoms with Crippen LogP contribution in [0.3, 0.4) is 0 Å². The number of thiazole rings is 1. The molecule has 1 unspecified atom stereocenters. The van der Waals surface area contributed by atoms with E-state index in [0.717, 1.165) is 7.11 Å². The third kappa shape index (κ3) is 3.12. The molecule has 1 atom stereocenters. The molecule has 1 aromatic carbocycles. The van der Waals surface area contributed by atoms with Crippen LogP contribution in [0.2, 0.25) is 4.47 Å². The van der Waals surface area contributed by atoms with E-state index in [0.29, 0.717) is 11.3 Å². The molecule has 0 aliphatic carbocycles. The van der Waals surface area contributed by atoms with E-state index in [1.54, 1.807) is 18.2 Å². The zero-order valence-corrected chi connectivity index (χ0v) is 12.8. The minimum Gasteiger partial charge on any atom is -0.468 e. The number of ketones is 1. The molecule has 7 nitrogen and oxygen atoms in total. The summed E-state index contributed by atoms with van der Waals surface area (Å²) in [6, 6.07) is 7.93. The van der Waals surface area contributed by atoms with Crippen LogP contribution < -0.4 is 0 Å². The predicted molar refractivity (Wildman–Crippen MR) is 79.3 cm³/mol. The van der Waals surface area contributed by atoms with Crippen LogP contribution in [0.1, 0.15) is 22.0 Å². The zero-order chi connectivity index (χ0) is 16.3. The van der Waals surface area contributed by atoms with Crippen LogP contribution >= 0.6 is 22.9 Å². The highest BCUT2D eigenvalue weighted by Gasteiger charge is 2.39. The van der Waals surface area contributed by atoms with Crippen molar-refractivity contribution in [2.24, 2.45) is 0 Å². The summed E-state index contributed by atoms with van der Waals surface area (Å²) in [4.78, 5) is 38.6. The number of aromatic nitrogens is 1. The maximum absolute atomic E-state index is 12.5. The highest BCUT2D eigenvalue weighted by molar-refractivity contribution is 7.18. The molecule has 0 aliphatic rings. The Morgan fingerprint density at radius 2 is 2.00 bits per heavy atom. The second-order valence-corrected chi connectivity index (χ2v) is 5.66. The van der Waals surface area contributed by atoms with Crippen LogP contribution in [0, 0.1) is 10.1 Å². The molecule has 2 aromatic rings. The fraction of sp³-hybridized carbons (Fsp3) is 0.154. The number of carbonyl (C=O) groups is 2. The van der Waals surface area contributed by atoms with Crippen LogP contribution in [0.15, 0.2) is 30.3 Å². The van der Waals surface area contributed by atoms with Gasteiger partial charge in [-0.3, -0.25) is 19.7 Å². The van der Waals surface area contributed by atoms with Gasteiger partial charge in [0.25, 0.3) is 0 Å². The van der Waals surface area contributed by atoms with Gasteiger partial charge in [-0.1, -0.05) is 41.9 Å². The van der Waals surface area contributed by atoms with E-state index in [9.17, 15) is 19.7 Å². The first-order valence-corrected chi connectivity index (χ1v) is 7.12. The molecule has 9 heteroatoms. The average molecular weight is 341 g/mol. The lowest BCUT2D eigenvalue weighted by Gasteiger charge is -2.11. The summed E-state index contributed by atoms with van der Waals surface area (Å²) in [5.41, 5.74) is -0.0861. The fourth-order valence-electron chi connectivity index (χ4n) is 1.85. The Morgan fingerprint density at radius 3 is 2.55 bits per heavy atom. The van der Waals surface area contributed by atoms with Gasteiger partial charge in [-0.25, -0.2) is 4.98 Å². The van der Waals surface area contributed by atoms with Gasteiger partial charge in [-0.05, 0) is 11.3 Å². The van der Waals surface area contributed by atoms with Crippen molar-refractivity contribution in [1.82, 2.24) is 4.98 Å². The molecule has 1 heterocycles. The quantitative estimate of drug-likeness (QED) is 0.273. The van der Waals surface area contributed by atoms with Gasteiger partial charge in [-0.2, -0.15) is 0 Å². The third-order valence-corrected chi connectivity index (χ3v) is 3.93. The molecule has 2 rings (SSSR count). The lowest BCUT2D eigenvalue weighted by atomic mass is 9.95. The number of nitro groups is 1. The van der Waals surface area contributed by atoms with Gasteiger partial charge >= 0.3 is 11.0 Å². The number of hydrogen-bond donors (Lipinski definition) is 0. The molecule has 0 fully saturated rings. The smallest absolute Gasteiger partial charge is 0.349 e. The maximum Gasteiger partial charge on any atom is 0.349 e. The second kappa shape index (κ2) is 6.63. The summed E-state index contributed by atoms with van der Waals surface area (Å²) in [5, 5.41) is 10.6. The number of halogens is 1. The summed E-state index contributed by atoms with van der Waals surface area (Å²) in [5.74, 6) is -3.10. The zero-order valence-electron chi connectivity index (χ0n) is 11.2. The summed E-state index contributed by atoms with van der Waals surface area (Å²) >= 11 is 6.28.